The van der Waals surface area contributed by atoms with Crippen molar-refractivity contribution < 1.29 is 13.2 Å². The normalized spacial score (nSPS) is 12.7. The van der Waals surface area contributed by atoms with Crippen LogP contribution < -0.4 is 0 Å². The molecule has 0 aliphatic heterocycles. The van der Waals surface area contributed by atoms with Gasteiger partial charge in [0.1, 0.15) is 0 Å². The molecule has 1 aromatic carbocycles. The number of hydrogen-bond acceptors (Lipinski definition) is 1. The summed E-state index contributed by atoms with van der Waals surface area (Å²) < 4.78 is 36.6. The number of alkyl halides is 5. The predicted octanol–water partition coefficient (Wildman–Crippen LogP) is 5.35. The van der Waals surface area contributed by atoms with Gasteiger partial charge < -0.3 is 0 Å². The molecule has 0 heterocycles. The van der Waals surface area contributed by atoms with Gasteiger partial charge in [0, 0.05) is 22.9 Å². The summed E-state index contributed by atoms with van der Waals surface area (Å²) in [4.78, 5) is 0. The summed E-state index contributed by atoms with van der Waals surface area (Å²) in [6.45, 7) is 1.95. The van der Waals surface area contributed by atoms with E-state index < -0.39 is 10.9 Å². The molecule has 0 unspecified atom stereocenters. The van der Waals surface area contributed by atoms with Gasteiger partial charge in [-0.2, -0.15) is 13.2 Å². The zero-order valence-corrected chi connectivity index (χ0v) is 12.8. The van der Waals surface area contributed by atoms with Crippen molar-refractivity contribution in [2.24, 2.45) is 0 Å². The molecule has 1 aromatic rings. The van der Waals surface area contributed by atoms with Crippen LogP contribution in [0.25, 0.3) is 0 Å². The van der Waals surface area contributed by atoms with Crippen LogP contribution in [0.3, 0.4) is 0 Å². The van der Waals surface area contributed by atoms with Gasteiger partial charge >= 0.3 is 5.51 Å². The summed E-state index contributed by atoms with van der Waals surface area (Å²) in [6, 6.07) is 7.61. The summed E-state index contributed by atoms with van der Waals surface area (Å²) >= 11 is 11.9. The molecule has 0 aliphatic rings. The van der Waals surface area contributed by atoms with Crippen LogP contribution in [0.1, 0.15) is 17.5 Å². The Morgan fingerprint density at radius 1 is 1.05 bits per heavy atom. The van der Waals surface area contributed by atoms with E-state index >= 15 is 0 Å². The minimum atomic E-state index is -4.21. The summed E-state index contributed by atoms with van der Waals surface area (Å²) in [5.74, 6) is 0.368. The maximum atomic E-state index is 12.2. The Bertz CT molecular complexity index is 386. The summed E-state index contributed by atoms with van der Waals surface area (Å²) in [5, 5.41) is 0. The average molecular weight is 331 g/mol. The van der Waals surface area contributed by atoms with Gasteiger partial charge in [-0.1, -0.05) is 41.6 Å². The van der Waals surface area contributed by atoms with E-state index in [1.807, 2.05) is 31.2 Å². The third-order valence-corrected chi connectivity index (χ3v) is 4.78. The van der Waals surface area contributed by atoms with Gasteiger partial charge in [-0.15, -0.1) is 23.2 Å². The van der Waals surface area contributed by atoms with E-state index in [0.717, 1.165) is 11.1 Å². The molecule has 0 aliphatic carbocycles. The summed E-state index contributed by atoms with van der Waals surface area (Å²) in [7, 11) is 0. The fourth-order valence-corrected chi connectivity index (χ4v) is 3.32. The predicted molar refractivity (Wildman–Crippen MR) is 77.4 cm³/mol. The van der Waals surface area contributed by atoms with Crippen LogP contribution in [0.5, 0.6) is 0 Å². The molecule has 6 heteroatoms. The van der Waals surface area contributed by atoms with Crippen LogP contribution in [0, 0.1) is 6.92 Å². The Labute approximate surface area is 125 Å². The van der Waals surface area contributed by atoms with Crippen LogP contribution >= 0.6 is 35.0 Å². The van der Waals surface area contributed by atoms with Gasteiger partial charge in [-0.3, -0.25) is 0 Å². The van der Waals surface area contributed by atoms with Gasteiger partial charge in [0.2, 0.25) is 0 Å². The Kier molecular flexibility index (Phi) is 6.34. The molecule has 0 saturated carbocycles. The van der Waals surface area contributed by atoms with Crippen LogP contribution in [0.2, 0.25) is 0 Å². The smallest absolute Gasteiger partial charge is 0.160 e. The molecule has 19 heavy (non-hydrogen) atoms. The second kappa shape index (κ2) is 7.09. The molecule has 0 saturated heterocycles. The monoisotopic (exact) mass is 330 g/mol. The lowest BCUT2D eigenvalue weighted by atomic mass is 9.81. The highest BCUT2D eigenvalue weighted by atomic mass is 35.5. The van der Waals surface area contributed by atoms with E-state index in [-0.39, 0.29) is 29.3 Å². The molecule has 0 spiro atoms. The first-order chi connectivity index (χ1) is 8.83. The molecule has 0 N–H and O–H groups in total. The zero-order valence-electron chi connectivity index (χ0n) is 10.4. The van der Waals surface area contributed by atoms with E-state index in [1.165, 1.54) is 0 Å². The lowest BCUT2D eigenvalue weighted by molar-refractivity contribution is -0.0328. The number of thioether (sulfide) groups is 1. The largest absolute Gasteiger partial charge is 0.441 e. The van der Waals surface area contributed by atoms with Crippen molar-refractivity contribution in [3.05, 3.63) is 35.4 Å². The molecular formula is C13H15Cl2F3S. The van der Waals surface area contributed by atoms with Gasteiger partial charge in [0.05, 0.1) is 0 Å². The Hall–Kier alpha value is -0.0600. The molecule has 0 aromatic heterocycles. The number of halogens is 5. The summed E-state index contributed by atoms with van der Waals surface area (Å²) in [6.07, 6.45) is 0.299. The van der Waals surface area contributed by atoms with Gasteiger partial charge in [-0.05, 0) is 18.9 Å². The quantitative estimate of drug-likeness (QED) is 0.633. The minimum absolute atomic E-state index is 0.0283. The van der Waals surface area contributed by atoms with E-state index in [1.54, 1.807) is 0 Å². The Morgan fingerprint density at radius 2 is 1.58 bits per heavy atom. The highest BCUT2D eigenvalue weighted by Crippen LogP contribution is 2.37. The third-order valence-electron chi connectivity index (χ3n) is 3.02. The molecule has 0 amide bonds. The fraction of sp³-hybridized carbons (Fsp3) is 0.538. The van der Waals surface area contributed by atoms with Crippen molar-refractivity contribution in [1.29, 1.82) is 0 Å². The van der Waals surface area contributed by atoms with Gasteiger partial charge in [0.25, 0.3) is 0 Å². The van der Waals surface area contributed by atoms with Crippen LogP contribution in [-0.2, 0) is 5.41 Å². The second-order valence-electron chi connectivity index (χ2n) is 4.46. The number of benzene rings is 1. The molecule has 0 fully saturated rings. The number of aryl methyl sites for hydroxylation is 1. The molecule has 108 valence electrons. The van der Waals surface area contributed by atoms with Crippen molar-refractivity contribution in [3.63, 3.8) is 0 Å². The summed E-state index contributed by atoms with van der Waals surface area (Å²) in [5.41, 5.74) is -2.83. The first kappa shape index (κ1) is 17.0. The average Bonchev–Trinajstić information content (AvgIpc) is 2.35. The first-order valence-electron chi connectivity index (χ1n) is 5.73. The highest BCUT2D eigenvalue weighted by molar-refractivity contribution is 8.00. The zero-order chi connectivity index (χ0) is 14.5. The molecular weight excluding hydrogens is 316 g/mol. The minimum Gasteiger partial charge on any atom is -0.160 e. The number of hydrogen-bond donors (Lipinski definition) is 0. The molecule has 1 rings (SSSR count). The van der Waals surface area contributed by atoms with E-state index in [4.69, 9.17) is 23.2 Å². The first-order valence-corrected chi connectivity index (χ1v) is 7.78. The maximum absolute atomic E-state index is 12.2. The molecule has 0 radical (unpaired) electrons. The fourth-order valence-electron chi connectivity index (χ4n) is 1.74. The van der Waals surface area contributed by atoms with E-state index in [0.29, 0.717) is 6.42 Å². The maximum Gasteiger partial charge on any atom is 0.441 e. The van der Waals surface area contributed by atoms with Gasteiger partial charge in [0.15, 0.2) is 0 Å². The van der Waals surface area contributed by atoms with Crippen molar-refractivity contribution in [2.75, 3.05) is 17.5 Å². The lowest BCUT2D eigenvalue weighted by Gasteiger charge is -2.30. The third kappa shape index (κ3) is 5.09. The van der Waals surface area contributed by atoms with Crippen LogP contribution in [0.4, 0.5) is 13.2 Å². The van der Waals surface area contributed by atoms with Crippen LogP contribution in [-0.4, -0.2) is 23.0 Å². The number of rotatable bonds is 6. The van der Waals surface area contributed by atoms with E-state index in [2.05, 4.69) is 0 Å². The van der Waals surface area contributed by atoms with Crippen molar-refractivity contribution in [1.82, 2.24) is 0 Å². The standard InChI is InChI=1S/C13H15Cl2F3S/c1-10-2-4-11(5-3-10)12(8-14,9-15)6-7-19-13(16,17)18/h2-5H,6-9H2,1H3. The highest BCUT2D eigenvalue weighted by Gasteiger charge is 2.34. The SMILES string of the molecule is Cc1ccc(C(CCl)(CCl)CCSC(F)(F)F)cc1. The van der Waals surface area contributed by atoms with Crippen molar-refractivity contribution in [2.45, 2.75) is 24.3 Å². The van der Waals surface area contributed by atoms with Crippen LogP contribution in [0.15, 0.2) is 24.3 Å². The van der Waals surface area contributed by atoms with Crippen molar-refractivity contribution >= 4 is 35.0 Å². The van der Waals surface area contributed by atoms with Gasteiger partial charge in [-0.25, -0.2) is 0 Å². The van der Waals surface area contributed by atoms with Crippen molar-refractivity contribution in [3.8, 4) is 0 Å². The lowest BCUT2D eigenvalue weighted by Crippen LogP contribution is -2.31. The Morgan fingerprint density at radius 3 is 2.00 bits per heavy atom. The molecule has 0 nitrogen and oxygen atoms in total. The molecule has 0 bridgehead atoms. The Balaban J connectivity index is 2.82. The van der Waals surface area contributed by atoms with E-state index in [9.17, 15) is 13.2 Å². The molecule has 0 atom stereocenters. The topological polar surface area (TPSA) is 0 Å². The second-order valence-corrected chi connectivity index (χ2v) is 6.15.